The van der Waals surface area contributed by atoms with Gasteiger partial charge in [-0.3, -0.25) is 14.8 Å². The van der Waals surface area contributed by atoms with Crippen molar-refractivity contribution in [2.75, 3.05) is 18.6 Å². The van der Waals surface area contributed by atoms with Gasteiger partial charge in [-0.15, -0.1) is 0 Å². The molecule has 1 aromatic heterocycles. The fourth-order valence-corrected chi connectivity index (χ4v) is 2.56. The summed E-state index contributed by atoms with van der Waals surface area (Å²) in [5.41, 5.74) is 3.24. The van der Waals surface area contributed by atoms with Crippen LogP contribution in [-0.4, -0.2) is 30.3 Å². The topological polar surface area (TPSA) is 54.8 Å². The Morgan fingerprint density at radius 2 is 2.00 bits per heavy atom. The molecular weight excluding hydrogens is 278 g/mol. The second-order valence-corrected chi connectivity index (χ2v) is 4.96. The number of rotatable bonds is 3. The monoisotopic (exact) mass is 295 g/mol. The third-order valence-electron chi connectivity index (χ3n) is 3.68. The smallest absolute Gasteiger partial charge is 0.233 e. The van der Waals surface area contributed by atoms with Crippen LogP contribution in [0.5, 0.6) is 5.75 Å². The molecule has 0 spiro atoms. The van der Waals surface area contributed by atoms with Crippen LogP contribution in [0.25, 0.3) is 0 Å². The summed E-state index contributed by atoms with van der Waals surface area (Å²) >= 11 is 0. The van der Waals surface area contributed by atoms with Crippen LogP contribution in [0.15, 0.2) is 47.7 Å². The number of aliphatic imine (C=N–C) groups is 1. The molecule has 0 bridgehead atoms. The van der Waals surface area contributed by atoms with Crippen molar-refractivity contribution in [3.8, 4) is 5.75 Å². The van der Waals surface area contributed by atoms with E-state index in [2.05, 4.69) is 4.98 Å². The molecule has 1 aliphatic heterocycles. The van der Waals surface area contributed by atoms with E-state index in [0.717, 1.165) is 22.6 Å². The predicted octanol–water partition coefficient (Wildman–Crippen LogP) is 2.97. The number of fused-ring (bicyclic) bond motifs is 1. The Balaban J connectivity index is 2.13. The van der Waals surface area contributed by atoms with Crippen molar-refractivity contribution in [2.45, 2.75) is 13.3 Å². The molecule has 0 saturated carbocycles. The molecule has 0 aliphatic carbocycles. The molecule has 0 fully saturated rings. The first-order valence-electron chi connectivity index (χ1n) is 7.19. The zero-order valence-electron chi connectivity index (χ0n) is 12.6. The molecule has 0 radical (unpaired) electrons. The predicted molar refractivity (Wildman–Crippen MR) is 86.1 cm³/mol. The molecule has 22 heavy (non-hydrogen) atoms. The summed E-state index contributed by atoms with van der Waals surface area (Å²) in [5.74, 6) is 0.748. The molecule has 112 valence electrons. The number of hydrogen-bond donors (Lipinski definition) is 0. The van der Waals surface area contributed by atoms with Crippen molar-refractivity contribution in [3.63, 3.8) is 0 Å². The summed E-state index contributed by atoms with van der Waals surface area (Å²) in [6, 6.07) is 9.34. The van der Waals surface area contributed by atoms with Gasteiger partial charge in [-0.05, 0) is 36.8 Å². The van der Waals surface area contributed by atoms with Gasteiger partial charge in [-0.25, -0.2) is 0 Å². The highest BCUT2D eigenvalue weighted by molar-refractivity contribution is 6.17. The summed E-state index contributed by atoms with van der Waals surface area (Å²) in [7, 11) is 1.61. The maximum Gasteiger partial charge on any atom is 0.233 e. The quantitative estimate of drug-likeness (QED) is 0.874. The molecule has 5 heteroatoms. The van der Waals surface area contributed by atoms with Crippen LogP contribution in [-0.2, 0) is 4.79 Å². The number of carbonyl (C=O) groups is 1. The number of methoxy groups -OCH3 is 1. The molecule has 0 N–H and O–H groups in total. The van der Waals surface area contributed by atoms with Crippen LogP contribution in [0, 0.1) is 0 Å². The van der Waals surface area contributed by atoms with Crippen LogP contribution >= 0.6 is 0 Å². The Bertz CT molecular complexity index is 726. The van der Waals surface area contributed by atoms with E-state index in [1.165, 1.54) is 0 Å². The SMILES string of the molecule is CCN1C(=O)CC(c2ccncc2)=Nc2ccc(OC)cc21. The molecule has 3 rings (SSSR count). The molecule has 1 aliphatic rings. The van der Waals surface area contributed by atoms with Gasteiger partial charge >= 0.3 is 0 Å². The minimum Gasteiger partial charge on any atom is -0.497 e. The van der Waals surface area contributed by atoms with Crippen LogP contribution in [0.4, 0.5) is 11.4 Å². The Hall–Kier alpha value is -2.69. The Kier molecular flexibility index (Phi) is 3.87. The van der Waals surface area contributed by atoms with Gasteiger partial charge in [-0.1, -0.05) is 0 Å². The first-order chi connectivity index (χ1) is 10.7. The van der Waals surface area contributed by atoms with E-state index in [1.807, 2.05) is 37.3 Å². The summed E-state index contributed by atoms with van der Waals surface area (Å²) in [4.78, 5) is 23.0. The number of benzene rings is 1. The molecule has 1 amide bonds. The average molecular weight is 295 g/mol. The van der Waals surface area contributed by atoms with Gasteiger partial charge in [0.05, 0.1) is 30.6 Å². The fraction of sp³-hybridized carbons (Fsp3) is 0.235. The lowest BCUT2D eigenvalue weighted by Gasteiger charge is -2.20. The second kappa shape index (κ2) is 5.97. The van der Waals surface area contributed by atoms with Crippen molar-refractivity contribution in [1.29, 1.82) is 0 Å². The van der Waals surface area contributed by atoms with Gasteiger partial charge < -0.3 is 9.64 Å². The number of pyridine rings is 1. The van der Waals surface area contributed by atoms with E-state index >= 15 is 0 Å². The van der Waals surface area contributed by atoms with E-state index in [0.29, 0.717) is 12.3 Å². The lowest BCUT2D eigenvalue weighted by Crippen LogP contribution is -2.31. The van der Waals surface area contributed by atoms with E-state index in [9.17, 15) is 4.79 Å². The summed E-state index contributed by atoms with van der Waals surface area (Å²) in [6.07, 6.45) is 3.69. The lowest BCUT2D eigenvalue weighted by molar-refractivity contribution is -0.117. The van der Waals surface area contributed by atoms with Gasteiger partial charge in [0.1, 0.15) is 5.75 Å². The van der Waals surface area contributed by atoms with Crippen molar-refractivity contribution in [1.82, 2.24) is 4.98 Å². The normalized spacial score (nSPS) is 14.2. The Labute approximate surface area is 129 Å². The molecule has 0 unspecified atom stereocenters. The molecule has 0 saturated heterocycles. The van der Waals surface area contributed by atoms with E-state index in [-0.39, 0.29) is 12.3 Å². The fourth-order valence-electron chi connectivity index (χ4n) is 2.56. The maximum atomic E-state index is 12.6. The van der Waals surface area contributed by atoms with Crippen LogP contribution < -0.4 is 9.64 Å². The number of amides is 1. The summed E-state index contributed by atoms with van der Waals surface area (Å²) in [6.45, 7) is 2.55. The van der Waals surface area contributed by atoms with Crippen molar-refractivity contribution >= 4 is 23.0 Å². The minimum atomic E-state index is 0.0325. The number of aromatic nitrogens is 1. The first kappa shape index (κ1) is 14.3. The van der Waals surface area contributed by atoms with E-state index in [1.54, 1.807) is 24.4 Å². The van der Waals surface area contributed by atoms with Crippen molar-refractivity contribution < 1.29 is 9.53 Å². The molecule has 2 aromatic rings. The number of hydrogen-bond acceptors (Lipinski definition) is 4. The van der Waals surface area contributed by atoms with Crippen molar-refractivity contribution in [2.24, 2.45) is 4.99 Å². The highest BCUT2D eigenvalue weighted by Crippen LogP contribution is 2.35. The maximum absolute atomic E-state index is 12.6. The molecule has 5 nitrogen and oxygen atoms in total. The van der Waals surface area contributed by atoms with Gasteiger partial charge in [0, 0.05) is 25.0 Å². The minimum absolute atomic E-state index is 0.0325. The lowest BCUT2D eigenvalue weighted by atomic mass is 10.1. The van der Waals surface area contributed by atoms with Crippen molar-refractivity contribution in [3.05, 3.63) is 48.3 Å². The standard InChI is InChI=1S/C17H17N3O2/c1-3-20-16-10-13(22-2)4-5-14(16)19-15(11-17(20)21)12-6-8-18-9-7-12/h4-10H,3,11H2,1-2H3. The average Bonchev–Trinajstić information content (AvgIpc) is 2.70. The van der Waals surface area contributed by atoms with Crippen LogP contribution in [0.2, 0.25) is 0 Å². The van der Waals surface area contributed by atoms with Crippen LogP contribution in [0.3, 0.4) is 0 Å². The summed E-state index contributed by atoms with van der Waals surface area (Å²) < 4.78 is 5.27. The molecular formula is C17H17N3O2. The first-order valence-corrected chi connectivity index (χ1v) is 7.19. The molecule has 1 aromatic carbocycles. The Morgan fingerprint density at radius 3 is 2.68 bits per heavy atom. The van der Waals surface area contributed by atoms with E-state index in [4.69, 9.17) is 9.73 Å². The summed E-state index contributed by atoms with van der Waals surface area (Å²) in [5, 5.41) is 0. The number of carbonyl (C=O) groups excluding carboxylic acids is 1. The van der Waals surface area contributed by atoms with E-state index < -0.39 is 0 Å². The second-order valence-electron chi connectivity index (χ2n) is 4.96. The number of anilines is 1. The van der Waals surface area contributed by atoms with Crippen LogP contribution in [0.1, 0.15) is 18.9 Å². The highest BCUT2D eigenvalue weighted by atomic mass is 16.5. The zero-order valence-corrected chi connectivity index (χ0v) is 12.6. The molecule has 0 atom stereocenters. The largest absolute Gasteiger partial charge is 0.497 e. The number of ether oxygens (including phenoxy) is 1. The molecule has 2 heterocycles. The van der Waals surface area contributed by atoms with Gasteiger partial charge in [0.25, 0.3) is 0 Å². The van der Waals surface area contributed by atoms with Gasteiger partial charge in [0.15, 0.2) is 0 Å². The third-order valence-corrected chi connectivity index (χ3v) is 3.68. The third kappa shape index (κ3) is 2.57. The van der Waals surface area contributed by atoms with Gasteiger partial charge in [-0.2, -0.15) is 0 Å². The zero-order chi connectivity index (χ0) is 15.5. The Morgan fingerprint density at radius 1 is 1.23 bits per heavy atom. The highest BCUT2D eigenvalue weighted by Gasteiger charge is 2.24. The number of nitrogens with zero attached hydrogens (tertiary/aromatic N) is 3. The van der Waals surface area contributed by atoms with Gasteiger partial charge in [0.2, 0.25) is 5.91 Å².